The first kappa shape index (κ1) is 30.2. The average Bonchev–Trinajstić information content (AvgIpc) is 2.22. The van der Waals surface area contributed by atoms with Crippen LogP contribution in [0.15, 0.2) is 54.7 Å². The van der Waals surface area contributed by atoms with Crippen molar-refractivity contribution in [3.05, 3.63) is 96.2 Å². The molecule has 0 aliphatic heterocycles. The molecule has 1 heterocycles. The predicted octanol–water partition coefficient (Wildman–Crippen LogP) is 4.68. The standard InChI is InChI=1S/C6H7N.C6H5.4CH3.Ir/c1-6-4-2-3-5-7-6;1-2-4-6-5-3-1;;;;;/h2-5H,1H3;1-5H;4*1H3;/q;5*-1;. The average molecular weight is 423 g/mol. The largest absolute Gasteiger partial charge is 0.358 e. The van der Waals surface area contributed by atoms with Gasteiger partial charge in [-0.05, 0) is 19.1 Å². The first-order valence-corrected chi connectivity index (χ1v) is 4.18. The third kappa shape index (κ3) is 17.4. The summed E-state index contributed by atoms with van der Waals surface area (Å²) in [6.45, 7) is 1.97. The Hall–Kier alpha value is -0.981. The second-order valence-corrected chi connectivity index (χ2v) is 2.55. The fraction of sp³-hybridized carbons (Fsp3) is 0.0625. The van der Waals surface area contributed by atoms with E-state index in [0.29, 0.717) is 0 Å². The molecule has 2 aromatic rings. The Morgan fingerprint density at radius 2 is 1.39 bits per heavy atom. The molecule has 0 N–H and O–H groups in total. The van der Waals surface area contributed by atoms with Crippen LogP contribution in [0.3, 0.4) is 0 Å². The smallest absolute Gasteiger partial charge is 0.0372 e. The summed E-state index contributed by atoms with van der Waals surface area (Å²) in [5.74, 6) is 0. The Labute approximate surface area is 128 Å². The summed E-state index contributed by atoms with van der Waals surface area (Å²) in [4.78, 5) is 3.98. The molecule has 0 bridgehead atoms. The van der Waals surface area contributed by atoms with Crippen LogP contribution in [-0.4, -0.2) is 4.98 Å². The minimum absolute atomic E-state index is 0. The van der Waals surface area contributed by atoms with Gasteiger partial charge in [0.25, 0.3) is 0 Å². The van der Waals surface area contributed by atoms with Crippen molar-refractivity contribution in [2.45, 2.75) is 6.92 Å². The molecule has 1 aromatic carbocycles. The van der Waals surface area contributed by atoms with Crippen molar-refractivity contribution in [1.82, 2.24) is 4.98 Å². The van der Waals surface area contributed by atoms with E-state index >= 15 is 0 Å². The molecule has 1 radical (unpaired) electrons. The van der Waals surface area contributed by atoms with Crippen LogP contribution < -0.4 is 0 Å². The van der Waals surface area contributed by atoms with E-state index in [9.17, 15) is 0 Å². The van der Waals surface area contributed by atoms with Gasteiger partial charge in [-0.25, -0.2) is 0 Å². The third-order valence-corrected chi connectivity index (χ3v) is 1.42. The van der Waals surface area contributed by atoms with Gasteiger partial charge in [-0.1, -0.05) is 6.07 Å². The van der Waals surface area contributed by atoms with Crippen molar-refractivity contribution in [3.63, 3.8) is 0 Å². The Bertz CT molecular complexity index is 282. The fourth-order valence-electron chi connectivity index (χ4n) is 0.790. The Balaban J connectivity index is -0.0000000492. The van der Waals surface area contributed by atoms with Gasteiger partial charge in [-0.3, -0.25) is 4.98 Å². The molecule has 0 unspecified atom stereocenters. The monoisotopic (exact) mass is 423 g/mol. The van der Waals surface area contributed by atoms with E-state index < -0.39 is 0 Å². The molecule has 2 heteroatoms. The maximum atomic E-state index is 3.98. The Morgan fingerprint density at radius 3 is 1.56 bits per heavy atom. The number of nitrogens with zero attached hydrogens (tertiary/aromatic N) is 1. The minimum Gasteiger partial charge on any atom is -0.358 e. The molecule has 0 aliphatic rings. The van der Waals surface area contributed by atoms with Crippen LogP contribution in [0, 0.1) is 42.7 Å². The van der Waals surface area contributed by atoms with Crippen LogP contribution in [-0.2, 0) is 20.1 Å². The van der Waals surface area contributed by atoms with Crippen LogP contribution in [0.2, 0.25) is 0 Å². The minimum atomic E-state index is 0. The van der Waals surface area contributed by atoms with Gasteiger partial charge < -0.3 is 29.7 Å². The van der Waals surface area contributed by atoms with E-state index in [-0.39, 0.29) is 49.8 Å². The quantitative estimate of drug-likeness (QED) is 0.562. The van der Waals surface area contributed by atoms with Crippen molar-refractivity contribution < 1.29 is 20.1 Å². The van der Waals surface area contributed by atoms with Crippen molar-refractivity contribution >= 4 is 0 Å². The number of pyridine rings is 1. The molecule has 0 amide bonds. The van der Waals surface area contributed by atoms with E-state index in [1.807, 2.05) is 55.5 Å². The molecular weight excluding hydrogens is 398 g/mol. The molecule has 0 aliphatic carbocycles. The zero-order chi connectivity index (χ0) is 9.36. The second-order valence-electron chi connectivity index (χ2n) is 2.55. The van der Waals surface area contributed by atoms with Crippen LogP contribution in [0.5, 0.6) is 0 Å². The molecule has 18 heavy (non-hydrogen) atoms. The number of aromatic nitrogens is 1. The predicted molar refractivity (Wildman–Crippen MR) is 79.9 cm³/mol. The molecule has 0 atom stereocenters. The van der Waals surface area contributed by atoms with Crippen molar-refractivity contribution in [1.29, 1.82) is 0 Å². The van der Waals surface area contributed by atoms with Gasteiger partial charge in [0.05, 0.1) is 0 Å². The summed E-state index contributed by atoms with van der Waals surface area (Å²) < 4.78 is 0. The Kier molecular flexibility index (Phi) is 35.8. The van der Waals surface area contributed by atoms with Gasteiger partial charge in [0, 0.05) is 32.0 Å². The van der Waals surface area contributed by atoms with Crippen molar-refractivity contribution in [2.24, 2.45) is 0 Å². The van der Waals surface area contributed by atoms with E-state index in [2.05, 4.69) is 11.1 Å². The summed E-state index contributed by atoms with van der Waals surface area (Å²) >= 11 is 0. The number of benzene rings is 1. The van der Waals surface area contributed by atoms with Gasteiger partial charge in [-0.15, -0.1) is 0 Å². The maximum absolute atomic E-state index is 3.98. The molecule has 0 fully saturated rings. The second kappa shape index (κ2) is 21.3. The van der Waals surface area contributed by atoms with Crippen LogP contribution in [0.25, 0.3) is 0 Å². The summed E-state index contributed by atoms with van der Waals surface area (Å²) in [5.41, 5.74) is 1.07. The molecule has 1 nitrogen and oxygen atoms in total. The first-order chi connectivity index (χ1) is 6.39. The van der Waals surface area contributed by atoms with Crippen molar-refractivity contribution in [3.8, 4) is 0 Å². The Morgan fingerprint density at radius 1 is 0.833 bits per heavy atom. The number of hydrogen-bond donors (Lipinski definition) is 0. The molecule has 0 saturated heterocycles. The van der Waals surface area contributed by atoms with E-state index in [0.717, 1.165) is 5.69 Å². The molecule has 0 spiro atoms. The van der Waals surface area contributed by atoms with Crippen LogP contribution >= 0.6 is 0 Å². The summed E-state index contributed by atoms with van der Waals surface area (Å²) in [6.07, 6.45) is 1.79. The van der Waals surface area contributed by atoms with E-state index in [1.165, 1.54) is 0 Å². The van der Waals surface area contributed by atoms with Crippen molar-refractivity contribution in [2.75, 3.05) is 0 Å². The number of aryl methyl sites for hydroxylation is 1. The fourth-order valence-corrected chi connectivity index (χ4v) is 0.790. The van der Waals surface area contributed by atoms with E-state index in [4.69, 9.17) is 0 Å². The maximum Gasteiger partial charge on any atom is 0.0372 e. The van der Waals surface area contributed by atoms with Crippen LogP contribution in [0.1, 0.15) is 5.69 Å². The number of hydrogen-bond acceptors (Lipinski definition) is 1. The molecular formula is C16H24IrN-5. The van der Waals surface area contributed by atoms with Gasteiger partial charge in [0.1, 0.15) is 0 Å². The van der Waals surface area contributed by atoms with Gasteiger partial charge in [0.15, 0.2) is 0 Å². The molecule has 0 saturated carbocycles. The number of rotatable bonds is 0. The topological polar surface area (TPSA) is 12.9 Å². The van der Waals surface area contributed by atoms with Gasteiger partial charge in [0.2, 0.25) is 0 Å². The zero-order valence-electron chi connectivity index (χ0n) is 12.0. The first-order valence-electron chi connectivity index (χ1n) is 4.18. The molecule has 1 aromatic heterocycles. The zero-order valence-corrected chi connectivity index (χ0v) is 14.4. The molecule has 107 valence electrons. The van der Waals surface area contributed by atoms with Gasteiger partial charge in [-0.2, -0.15) is 36.4 Å². The summed E-state index contributed by atoms with van der Waals surface area (Å²) in [5, 5.41) is 0. The summed E-state index contributed by atoms with van der Waals surface area (Å²) in [7, 11) is 0. The third-order valence-electron chi connectivity index (χ3n) is 1.42. The summed E-state index contributed by atoms with van der Waals surface area (Å²) in [6, 6.07) is 18.4. The van der Waals surface area contributed by atoms with Gasteiger partial charge >= 0.3 is 0 Å². The molecule has 2 rings (SSSR count). The SMILES string of the molecule is Cc1ccccn1.[CH3-].[CH3-].[CH3-].[CH3-].[Ir].[c-]1ccccc1. The van der Waals surface area contributed by atoms with Crippen LogP contribution in [0.4, 0.5) is 0 Å². The normalized spacial score (nSPS) is 6.06. The van der Waals surface area contributed by atoms with E-state index in [1.54, 1.807) is 6.20 Å².